The molecule has 0 saturated heterocycles. The van der Waals surface area contributed by atoms with E-state index in [1.54, 1.807) is 0 Å². The Morgan fingerprint density at radius 2 is 1.82 bits per heavy atom. The summed E-state index contributed by atoms with van der Waals surface area (Å²) in [5.74, 6) is 0.423. The highest BCUT2D eigenvalue weighted by atomic mass is 127. The molecule has 0 aliphatic rings. The molecule has 5 heteroatoms. The fourth-order valence-corrected chi connectivity index (χ4v) is 2.10. The standard InChI is InChI=1S/C17H22N4.HI/c1-13-9-10-14(16(11-13)21(2)3)12-19-17(18)20-15-7-5-4-6-8-15;/h4-11H,12H2,1-3H3,(H3,18,19,20);1H. The van der Waals surface area contributed by atoms with Crippen molar-refractivity contribution >= 4 is 41.3 Å². The van der Waals surface area contributed by atoms with Crippen LogP contribution in [0.15, 0.2) is 53.5 Å². The zero-order valence-electron chi connectivity index (χ0n) is 13.2. The largest absolute Gasteiger partial charge is 0.377 e. The van der Waals surface area contributed by atoms with E-state index in [1.807, 2.05) is 44.4 Å². The fraction of sp³-hybridized carbons (Fsp3) is 0.235. The van der Waals surface area contributed by atoms with Gasteiger partial charge in [0.1, 0.15) is 0 Å². The molecule has 0 aliphatic heterocycles. The molecule has 0 aliphatic carbocycles. The zero-order chi connectivity index (χ0) is 15.2. The molecule has 0 atom stereocenters. The van der Waals surface area contributed by atoms with Crippen molar-refractivity contribution in [3.8, 4) is 0 Å². The Morgan fingerprint density at radius 3 is 2.45 bits per heavy atom. The monoisotopic (exact) mass is 410 g/mol. The van der Waals surface area contributed by atoms with Crippen LogP contribution >= 0.6 is 24.0 Å². The van der Waals surface area contributed by atoms with Crippen LogP contribution in [-0.4, -0.2) is 20.1 Å². The van der Waals surface area contributed by atoms with Crippen LogP contribution in [0.5, 0.6) is 0 Å². The van der Waals surface area contributed by atoms with Crippen LogP contribution in [0.25, 0.3) is 0 Å². The summed E-state index contributed by atoms with van der Waals surface area (Å²) in [4.78, 5) is 6.51. The van der Waals surface area contributed by atoms with E-state index in [0.717, 1.165) is 11.3 Å². The van der Waals surface area contributed by atoms with Gasteiger partial charge in [-0.25, -0.2) is 4.99 Å². The predicted molar refractivity (Wildman–Crippen MR) is 106 cm³/mol. The normalized spacial score (nSPS) is 10.8. The minimum Gasteiger partial charge on any atom is -0.377 e. The smallest absolute Gasteiger partial charge is 0.193 e. The van der Waals surface area contributed by atoms with E-state index < -0.39 is 0 Å². The van der Waals surface area contributed by atoms with Crippen LogP contribution in [0.1, 0.15) is 11.1 Å². The van der Waals surface area contributed by atoms with Gasteiger partial charge in [-0.2, -0.15) is 0 Å². The molecule has 0 unspecified atom stereocenters. The van der Waals surface area contributed by atoms with E-state index in [-0.39, 0.29) is 24.0 Å². The molecule has 2 aromatic carbocycles. The number of nitrogens with one attached hydrogen (secondary N) is 1. The summed E-state index contributed by atoms with van der Waals surface area (Å²) < 4.78 is 0. The van der Waals surface area contributed by atoms with Gasteiger partial charge in [-0.15, -0.1) is 24.0 Å². The third-order valence-corrected chi connectivity index (χ3v) is 3.19. The maximum atomic E-state index is 5.93. The molecule has 0 saturated carbocycles. The number of nitrogens with zero attached hydrogens (tertiary/aromatic N) is 2. The number of benzene rings is 2. The number of hydrogen-bond acceptors (Lipinski definition) is 2. The lowest BCUT2D eigenvalue weighted by Crippen LogP contribution is -2.22. The quantitative estimate of drug-likeness (QED) is 0.460. The summed E-state index contributed by atoms with van der Waals surface area (Å²) in [6.45, 7) is 2.64. The Morgan fingerprint density at radius 1 is 1.14 bits per heavy atom. The average Bonchev–Trinajstić information content (AvgIpc) is 2.47. The highest BCUT2D eigenvalue weighted by Crippen LogP contribution is 2.21. The van der Waals surface area contributed by atoms with Crippen LogP contribution in [0.2, 0.25) is 0 Å². The molecule has 0 aromatic heterocycles. The van der Waals surface area contributed by atoms with E-state index >= 15 is 0 Å². The summed E-state index contributed by atoms with van der Waals surface area (Å²) in [7, 11) is 4.07. The predicted octanol–water partition coefficient (Wildman–Crippen LogP) is 3.61. The highest BCUT2D eigenvalue weighted by Gasteiger charge is 2.04. The minimum atomic E-state index is 0. The van der Waals surface area contributed by atoms with E-state index in [9.17, 15) is 0 Å². The second-order valence-electron chi connectivity index (χ2n) is 5.22. The van der Waals surface area contributed by atoms with Crippen LogP contribution in [0, 0.1) is 6.92 Å². The van der Waals surface area contributed by atoms with Crippen molar-refractivity contribution in [2.45, 2.75) is 13.5 Å². The van der Waals surface area contributed by atoms with Crippen LogP contribution in [0.3, 0.4) is 0 Å². The molecular formula is C17H23IN4. The van der Waals surface area contributed by atoms with Crippen molar-refractivity contribution in [2.75, 3.05) is 24.3 Å². The number of halogens is 1. The van der Waals surface area contributed by atoms with Crippen molar-refractivity contribution in [3.63, 3.8) is 0 Å². The summed E-state index contributed by atoms with van der Waals surface area (Å²) in [5, 5.41) is 3.09. The first-order valence-corrected chi connectivity index (χ1v) is 6.95. The lowest BCUT2D eigenvalue weighted by Gasteiger charge is -2.17. The number of rotatable bonds is 4. The van der Waals surface area contributed by atoms with Gasteiger partial charge in [-0.3, -0.25) is 0 Å². The summed E-state index contributed by atoms with van der Waals surface area (Å²) in [5.41, 5.74) is 10.4. The molecule has 2 aromatic rings. The number of para-hydroxylation sites is 1. The maximum absolute atomic E-state index is 5.93. The van der Waals surface area contributed by atoms with Crippen molar-refractivity contribution in [3.05, 3.63) is 59.7 Å². The topological polar surface area (TPSA) is 53.6 Å². The van der Waals surface area contributed by atoms with Gasteiger partial charge in [0.25, 0.3) is 0 Å². The Kier molecular flexibility index (Phi) is 7.17. The Hall–Kier alpha value is -1.76. The maximum Gasteiger partial charge on any atom is 0.193 e. The summed E-state index contributed by atoms with van der Waals surface area (Å²) in [6.07, 6.45) is 0. The lowest BCUT2D eigenvalue weighted by atomic mass is 10.1. The van der Waals surface area contributed by atoms with Crippen LogP contribution < -0.4 is 16.0 Å². The molecule has 0 amide bonds. The number of anilines is 2. The molecular weight excluding hydrogens is 387 g/mol. The first-order valence-electron chi connectivity index (χ1n) is 6.95. The number of hydrogen-bond donors (Lipinski definition) is 2. The van der Waals surface area contributed by atoms with Crippen molar-refractivity contribution in [2.24, 2.45) is 10.7 Å². The van der Waals surface area contributed by atoms with Crippen LogP contribution in [-0.2, 0) is 6.54 Å². The van der Waals surface area contributed by atoms with Gasteiger partial charge in [-0.05, 0) is 36.2 Å². The van der Waals surface area contributed by atoms with Crippen molar-refractivity contribution in [1.29, 1.82) is 0 Å². The number of guanidine groups is 1. The molecule has 2 rings (SSSR count). The molecule has 0 bridgehead atoms. The number of aryl methyl sites for hydroxylation is 1. The zero-order valence-corrected chi connectivity index (χ0v) is 15.5. The van der Waals surface area contributed by atoms with Crippen LogP contribution in [0.4, 0.5) is 11.4 Å². The first-order chi connectivity index (χ1) is 10.1. The van der Waals surface area contributed by atoms with Gasteiger partial charge in [0, 0.05) is 25.5 Å². The number of nitrogens with two attached hydrogens (primary N) is 1. The Labute approximate surface area is 149 Å². The summed E-state index contributed by atoms with van der Waals surface area (Å²) >= 11 is 0. The molecule has 0 fully saturated rings. The summed E-state index contributed by atoms with van der Waals surface area (Å²) in [6, 6.07) is 16.2. The molecule has 22 heavy (non-hydrogen) atoms. The van der Waals surface area contributed by atoms with Gasteiger partial charge in [0.2, 0.25) is 0 Å². The van der Waals surface area contributed by atoms with E-state index in [0.29, 0.717) is 12.5 Å². The van der Waals surface area contributed by atoms with Crippen molar-refractivity contribution < 1.29 is 0 Å². The van der Waals surface area contributed by atoms with E-state index in [1.165, 1.54) is 11.3 Å². The van der Waals surface area contributed by atoms with Gasteiger partial charge < -0.3 is 16.0 Å². The third-order valence-electron chi connectivity index (χ3n) is 3.19. The SMILES string of the molecule is Cc1ccc(CN=C(N)Nc2ccccc2)c(N(C)C)c1.I. The first kappa shape index (κ1) is 18.3. The molecule has 0 spiro atoms. The van der Waals surface area contributed by atoms with Crippen molar-refractivity contribution in [1.82, 2.24) is 0 Å². The second-order valence-corrected chi connectivity index (χ2v) is 5.22. The molecule has 3 N–H and O–H groups in total. The highest BCUT2D eigenvalue weighted by molar-refractivity contribution is 14.0. The molecule has 4 nitrogen and oxygen atoms in total. The van der Waals surface area contributed by atoms with E-state index in [2.05, 4.69) is 40.3 Å². The van der Waals surface area contributed by atoms with Gasteiger partial charge in [0.15, 0.2) is 5.96 Å². The third kappa shape index (κ3) is 5.22. The second kappa shape index (κ2) is 8.63. The van der Waals surface area contributed by atoms with Gasteiger partial charge in [0.05, 0.1) is 6.54 Å². The minimum absolute atomic E-state index is 0. The molecule has 0 heterocycles. The van der Waals surface area contributed by atoms with Gasteiger partial charge >= 0.3 is 0 Å². The molecule has 0 radical (unpaired) electrons. The Bertz CT molecular complexity index is 624. The van der Waals surface area contributed by atoms with Gasteiger partial charge in [-0.1, -0.05) is 30.3 Å². The number of aliphatic imine (C=N–C) groups is 1. The average molecular weight is 410 g/mol. The molecule has 118 valence electrons. The fourth-order valence-electron chi connectivity index (χ4n) is 2.10. The lowest BCUT2D eigenvalue weighted by molar-refractivity contribution is 1.02. The van der Waals surface area contributed by atoms with E-state index in [4.69, 9.17) is 5.73 Å². The Balaban J connectivity index is 0.00000242.